The molecule has 24 heavy (non-hydrogen) atoms. The van der Waals surface area contributed by atoms with Gasteiger partial charge in [0.25, 0.3) is 0 Å². The van der Waals surface area contributed by atoms with Gasteiger partial charge in [0, 0.05) is 12.0 Å². The maximum Gasteiger partial charge on any atom is 0.230 e. The van der Waals surface area contributed by atoms with Gasteiger partial charge in [-0.25, -0.2) is 4.98 Å². The van der Waals surface area contributed by atoms with Crippen LogP contribution in [0.2, 0.25) is 0 Å². The quantitative estimate of drug-likeness (QED) is 0.634. The first-order valence-electron chi connectivity index (χ1n) is 8.30. The maximum atomic E-state index is 12.9. The SMILES string of the molecule is CCc1ccc2oc3nc4c(cc3c(=O)c2c1)C(=O)CC(C)(C)C4. The fraction of sp³-hybridized carbons (Fsp3) is 0.350. The van der Waals surface area contributed by atoms with Gasteiger partial charge in [-0.2, -0.15) is 0 Å². The molecule has 2 heterocycles. The van der Waals surface area contributed by atoms with Gasteiger partial charge in [0.1, 0.15) is 5.58 Å². The maximum absolute atomic E-state index is 12.9. The number of rotatable bonds is 1. The average Bonchev–Trinajstić information content (AvgIpc) is 2.52. The molecule has 4 heteroatoms. The molecular weight excluding hydrogens is 302 g/mol. The van der Waals surface area contributed by atoms with Crippen LogP contribution in [0.1, 0.15) is 48.8 Å². The van der Waals surface area contributed by atoms with Gasteiger partial charge in [-0.05, 0) is 42.0 Å². The van der Waals surface area contributed by atoms with Crippen molar-refractivity contribution in [1.29, 1.82) is 0 Å². The van der Waals surface area contributed by atoms with Gasteiger partial charge in [-0.1, -0.05) is 26.8 Å². The lowest BCUT2D eigenvalue weighted by molar-refractivity contribution is 0.0910. The largest absolute Gasteiger partial charge is 0.437 e. The lowest BCUT2D eigenvalue weighted by Gasteiger charge is -2.29. The minimum absolute atomic E-state index is 0.0532. The van der Waals surface area contributed by atoms with Crippen molar-refractivity contribution in [1.82, 2.24) is 4.98 Å². The third kappa shape index (κ3) is 2.25. The Balaban J connectivity index is 2.05. The molecule has 4 rings (SSSR count). The molecule has 3 aromatic rings. The molecule has 0 amide bonds. The Morgan fingerprint density at radius 1 is 1.12 bits per heavy atom. The van der Waals surface area contributed by atoms with Crippen molar-refractivity contribution >= 4 is 27.9 Å². The molecule has 0 atom stereocenters. The minimum Gasteiger partial charge on any atom is -0.437 e. The summed E-state index contributed by atoms with van der Waals surface area (Å²) in [4.78, 5) is 29.8. The fourth-order valence-corrected chi connectivity index (χ4v) is 3.51. The van der Waals surface area contributed by atoms with Crippen LogP contribution in [0.25, 0.3) is 22.1 Å². The van der Waals surface area contributed by atoms with Crippen molar-refractivity contribution in [2.45, 2.75) is 40.0 Å². The number of Topliss-reactive ketones (excluding diaryl/α,β-unsaturated/α-hetero) is 1. The summed E-state index contributed by atoms with van der Waals surface area (Å²) >= 11 is 0. The van der Waals surface area contributed by atoms with E-state index in [2.05, 4.69) is 18.8 Å². The summed E-state index contributed by atoms with van der Waals surface area (Å²) in [6, 6.07) is 7.33. The first-order chi connectivity index (χ1) is 11.4. The van der Waals surface area contributed by atoms with Crippen molar-refractivity contribution in [3.05, 3.63) is 51.3 Å². The Morgan fingerprint density at radius 3 is 2.67 bits per heavy atom. The summed E-state index contributed by atoms with van der Waals surface area (Å²) in [5.74, 6) is 0.0532. The van der Waals surface area contributed by atoms with E-state index in [1.165, 1.54) is 0 Å². The number of aromatic nitrogens is 1. The van der Waals surface area contributed by atoms with Crippen molar-refractivity contribution in [2.75, 3.05) is 0 Å². The third-order valence-electron chi connectivity index (χ3n) is 4.80. The monoisotopic (exact) mass is 321 g/mol. The summed E-state index contributed by atoms with van der Waals surface area (Å²) in [7, 11) is 0. The molecule has 0 bridgehead atoms. The van der Waals surface area contributed by atoms with Crippen molar-refractivity contribution in [3.63, 3.8) is 0 Å². The first-order valence-corrected chi connectivity index (χ1v) is 8.30. The van der Waals surface area contributed by atoms with E-state index < -0.39 is 0 Å². The molecule has 1 aromatic carbocycles. The lowest BCUT2D eigenvalue weighted by Crippen LogP contribution is -2.28. The van der Waals surface area contributed by atoms with Crippen LogP contribution in [-0.2, 0) is 12.8 Å². The summed E-state index contributed by atoms with van der Waals surface area (Å²) in [5, 5.41) is 0.940. The highest BCUT2D eigenvalue weighted by molar-refractivity contribution is 6.01. The highest BCUT2D eigenvalue weighted by Gasteiger charge is 2.32. The van der Waals surface area contributed by atoms with Crippen LogP contribution in [0.4, 0.5) is 0 Å². The molecule has 0 saturated carbocycles. The molecule has 0 N–H and O–H groups in total. The highest BCUT2D eigenvalue weighted by atomic mass is 16.3. The zero-order valence-electron chi connectivity index (χ0n) is 14.1. The number of fused-ring (bicyclic) bond motifs is 3. The fourth-order valence-electron chi connectivity index (χ4n) is 3.51. The van der Waals surface area contributed by atoms with Crippen LogP contribution >= 0.6 is 0 Å². The number of hydrogen-bond acceptors (Lipinski definition) is 4. The average molecular weight is 321 g/mol. The lowest BCUT2D eigenvalue weighted by atomic mass is 9.75. The van der Waals surface area contributed by atoms with E-state index in [1.54, 1.807) is 6.07 Å². The zero-order chi connectivity index (χ0) is 17.1. The standard InChI is InChI=1S/C20H19NO3/c1-4-11-5-6-17-13(7-11)18(23)14-8-12-15(21-19(14)24-17)9-20(2,3)10-16(12)22/h5-8H,4,9-10H2,1-3H3. The highest BCUT2D eigenvalue weighted by Crippen LogP contribution is 2.35. The second-order valence-electron chi connectivity index (χ2n) is 7.39. The van der Waals surface area contributed by atoms with Crippen LogP contribution in [0, 0.1) is 5.41 Å². The Kier molecular flexibility index (Phi) is 3.14. The zero-order valence-corrected chi connectivity index (χ0v) is 14.1. The van der Waals surface area contributed by atoms with Crippen LogP contribution in [0.15, 0.2) is 33.5 Å². The van der Waals surface area contributed by atoms with Gasteiger partial charge in [-0.15, -0.1) is 0 Å². The van der Waals surface area contributed by atoms with Gasteiger partial charge in [0.2, 0.25) is 11.1 Å². The number of ketones is 1. The summed E-state index contributed by atoms with van der Waals surface area (Å²) in [6.07, 6.45) is 2.04. The Morgan fingerprint density at radius 2 is 1.92 bits per heavy atom. The molecule has 0 fully saturated rings. The van der Waals surface area contributed by atoms with E-state index in [-0.39, 0.29) is 16.6 Å². The van der Waals surface area contributed by atoms with E-state index in [9.17, 15) is 9.59 Å². The van der Waals surface area contributed by atoms with E-state index in [0.717, 1.165) is 17.7 Å². The third-order valence-corrected chi connectivity index (χ3v) is 4.80. The van der Waals surface area contributed by atoms with Crippen molar-refractivity contribution in [2.24, 2.45) is 5.41 Å². The molecule has 1 aliphatic carbocycles. The Hall–Kier alpha value is -2.49. The number of hydrogen-bond donors (Lipinski definition) is 0. The predicted molar refractivity (Wildman–Crippen MR) is 93.6 cm³/mol. The number of carbonyl (C=O) groups excluding carboxylic acids is 1. The molecule has 1 aliphatic rings. The first kappa shape index (κ1) is 15.1. The molecule has 2 aromatic heterocycles. The van der Waals surface area contributed by atoms with Gasteiger partial charge < -0.3 is 4.42 Å². The van der Waals surface area contributed by atoms with Crippen LogP contribution < -0.4 is 5.43 Å². The van der Waals surface area contributed by atoms with Gasteiger partial charge >= 0.3 is 0 Å². The molecule has 0 spiro atoms. The molecule has 122 valence electrons. The minimum atomic E-state index is -0.116. The summed E-state index contributed by atoms with van der Waals surface area (Å²) in [5.41, 5.74) is 3.02. The van der Waals surface area contributed by atoms with Crippen LogP contribution in [0.5, 0.6) is 0 Å². The summed E-state index contributed by atoms with van der Waals surface area (Å²) < 4.78 is 5.87. The predicted octanol–water partition coefficient (Wildman–Crippen LogP) is 4.06. The number of nitrogens with zero attached hydrogens (tertiary/aromatic N) is 1. The second kappa shape index (κ2) is 5.00. The Labute approximate surface area is 139 Å². The molecular formula is C20H19NO3. The van der Waals surface area contributed by atoms with Gasteiger partial charge in [0.15, 0.2) is 5.78 Å². The van der Waals surface area contributed by atoms with Crippen molar-refractivity contribution < 1.29 is 9.21 Å². The topological polar surface area (TPSA) is 60.2 Å². The van der Waals surface area contributed by atoms with Crippen LogP contribution in [0.3, 0.4) is 0 Å². The number of aryl methyl sites for hydroxylation is 1. The second-order valence-corrected chi connectivity index (χ2v) is 7.39. The molecule has 0 unspecified atom stereocenters. The van der Waals surface area contributed by atoms with E-state index in [4.69, 9.17) is 4.42 Å². The normalized spacial score (nSPS) is 16.5. The van der Waals surface area contributed by atoms with Gasteiger partial charge in [0.05, 0.1) is 16.5 Å². The summed E-state index contributed by atoms with van der Waals surface area (Å²) in [6.45, 7) is 6.16. The smallest absolute Gasteiger partial charge is 0.230 e. The number of benzene rings is 1. The molecule has 0 aliphatic heterocycles. The Bertz CT molecular complexity index is 1060. The van der Waals surface area contributed by atoms with Gasteiger partial charge in [-0.3, -0.25) is 9.59 Å². The number of carbonyl (C=O) groups is 1. The molecule has 4 nitrogen and oxygen atoms in total. The molecule has 0 radical (unpaired) electrons. The molecule has 0 saturated heterocycles. The van der Waals surface area contributed by atoms with E-state index in [0.29, 0.717) is 40.5 Å². The van der Waals surface area contributed by atoms with E-state index in [1.807, 2.05) is 25.1 Å². The van der Waals surface area contributed by atoms with Crippen LogP contribution in [-0.4, -0.2) is 10.8 Å². The number of pyridine rings is 1. The van der Waals surface area contributed by atoms with E-state index >= 15 is 0 Å². The van der Waals surface area contributed by atoms with Crippen molar-refractivity contribution in [3.8, 4) is 0 Å².